The maximum absolute atomic E-state index is 13.4. The van der Waals surface area contributed by atoms with Gasteiger partial charge in [-0.25, -0.2) is 22.0 Å². The average Bonchev–Trinajstić information content (AvgIpc) is 2.84. The van der Waals surface area contributed by atoms with Gasteiger partial charge in [0, 0.05) is 24.2 Å². The van der Waals surface area contributed by atoms with Crippen molar-refractivity contribution in [1.29, 1.82) is 0 Å². The second kappa shape index (κ2) is 5.76. The van der Waals surface area contributed by atoms with Crippen molar-refractivity contribution in [3.63, 3.8) is 0 Å². The van der Waals surface area contributed by atoms with Crippen LogP contribution in [0.4, 0.5) is 22.0 Å². The van der Waals surface area contributed by atoms with E-state index in [0.29, 0.717) is 0 Å². The molecule has 0 spiro atoms. The summed E-state index contributed by atoms with van der Waals surface area (Å²) in [4.78, 5) is 15.4. The van der Waals surface area contributed by atoms with Crippen LogP contribution in [-0.4, -0.2) is 10.5 Å². The van der Waals surface area contributed by atoms with Crippen molar-refractivity contribution in [2.45, 2.75) is 6.42 Å². The molecular formula is C12H7F5N2OS. The fourth-order valence-electron chi connectivity index (χ4n) is 1.54. The van der Waals surface area contributed by atoms with Crippen LogP contribution in [0.15, 0.2) is 16.6 Å². The van der Waals surface area contributed by atoms with Gasteiger partial charge < -0.3 is 4.57 Å². The first kappa shape index (κ1) is 15.4. The monoisotopic (exact) mass is 322 g/mol. The fourth-order valence-corrected chi connectivity index (χ4v) is 2.28. The van der Waals surface area contributed by atoms with Crippen molar-refractivity contribution in [3.8, 4) is 0 Å². The number of carbonyl (C=O) groups is 1. The number of aryl methyl sites for hydroxylation is 1. The summed E-state index contributed by atoms with van der Waals surface area (Å²) in [5.74, 6) is -11.5. The van der Waals surface area contributed by atoms with Crippen molar-refractivity contribution >= 4 is 17.2 Å². The van der Waals surface area contributed by atoms with Crippen LogP contribution in [-0.2, 0) is 18.3 Å². The molecule has 1 aromatic heterocycles. The van der Waals surface area contributed by atoms with E-state index in [4.69, 9.17) is 0 Å². The molecule has 1 heterocycles. The molecule has 3 nitrogen and oxygen atoms in total. The van der Waals surface area contributed by atoms with E-state index in [1.54, 1.807) is 18.6 Å². The predicted molar refractivity (Wildman–Crippen MR) is 63.8 cm³/mol. The molecule has 1 aromatic carbocycles. The maximum Gasteiger partial charge on any atom is 0.252 e. The topological polar surface area (TPSA) is 34.4 Å². The second-order valence-electron chi connectivity index (χ2n) is 4.03. The average molecular weight is 322 g/mol. The van der Waals surface area contributed by atoms with E-state index in [2.05, 4.69) is 4.99 Å². The molecule has 0 unspecified atom stereocenters. The minimum absolute atomic E-state index is 0.240. The van der Waals surface area contributed by atoms with Gasteiger partial charge in [-0.05, 0) is 0 Å². The third-order valence-corrected chi connectivity index (χ3v) is 3.46. The van der Waals surface area contributed by atoms with Crippen molar-refractivity contribution in [2.75, 3.05) is 0 Å². The maximum atomic E-state index is 13.4. The first-order valence-electron chi connectivity index (χ1n) is 5.51. The Morgan fingerprint density at radius 1 is 1.10 bits per heavy atom. The summed E-state index contributed by atoms with van der Waals surface area (Å²) >= 11 is 1.09. The highest BCUT2D eigenvalue weighted by Gasteiger charge is 2.26. The van der Waals surface area contributed by atoms with E-state index >= 15 is 0 Å². The lowest BCUT2D eigenvalue weighted by Gasteiger charge is -2.06. The summed E-state index contributed by atoms with van der Waals surface area (Å²) in [5.41, 5.74) is -1.20. The Labute approximate surface area is 119 Å². The van der Waals surface area contributed by atoms with E-state index in [9.17, 15) is 26.7 Å². The van der Waals surface area contributed by atoms with Crippen LogP contribution >= 0.6 is 11.3 Å². The SMILES string of the molecule is Cn1ccsc1=NC(=O)Cc1c(F)c(F)c(F)c(F)c1F. The third-order valence-electron chi connectivity index (χ3n) is 2.61. The number of benzene rings is 1. The summed E-state index contributed by atoms with van der Waals surface area (Å²) < 4.78 is 67.1. The van der Waals surface area contributed by atoms with Gasteiger partial charge in [0.15, 0.2) is 28.1 Å². The number of aromatic nitrogens is 1. The smallest absolute Gasteiger partial charge is 0.252 e. The molecule has 0 atom stereocenters. The number of nitrogens with zero attached hydrogens (tertiary/aromatic N) is 2. The van der Waals surface area contributed by atoms with Gasteiger partial charge in [0.1, 0.15) is 0 Å². The number of carbonyl (C=O) groups excluding carboxylic acids is 1. The lowest BCUT2D eigenvalue weighted by Crippen LogP contribution is -2.16. The highest BCUT2D eigenvalue weighted by Crippen LogP contribution is 2.23. The fraction of sp³-hybridized carbons (Fsp3) is 0.167. The molecule has 2 rings (SSSR count). The van der Waals surface area contributed by atoms with Crippen LogP contribution in [0.1, 0.15) is 5.56 Å². The Morgan fingerprint density at radius 2 is 1.62 bits per heavy atom. The molecule has 1 amide bonds. The Balaban J connectivity index is 2.42. The van der Waals surface area contributed by atoms with Gasteiger partial charge in [0.25, 0.3) is 5.91 Å². The molecule has 112 valence electrons. The summed E-state index contributed by atoms with van der Waals surface area (Å²) in [6, 6.07) is 0. The van der Waals surface area contributed by atoms with E-state index in [0.717, 1.165) is 11.3 Å². The van der Waals surface area contributed by atoms with Crippen LogP contribution in [0, 0.1) is 29.1 Å². The quantitative estimate of drug-likeness (QED) is 0.475. The molecule has 21 heavy (non-hydrogen) atoms. The highest BCUT2D eigenvalue weighted by molar-refractivity contribution is 7.07. The lowest BCUT2D eigenvalue weighted by molar-refractivity contribution is -0.117. The normalized spacial score (nSPS) is 12.0. The van der Waals surface area contributed by atoms with Gasteiger partial charge >= 0.3 is 0 Å². The first-order valence-corrected chi connectivity index (χ1v) is 6.39. The zero-order valence-corrected chi connectivity index (χ0v) is 11.3. The van der Waals surface area contributed by atoms with E-state index < -0.39 is 47.0 Å². The number of thiazole rings is 1. The number of rotatable bonds is 2. The van der Waals surface area contributed by atoms with Crippen molar-refractivity contribution in [3.05, 3.63) is 51.0 Å². The largest absolute Gasteiger partial charge is 0.327 e. The summed E-state index contributed by atoms with van der Waals surface area (Å²) in [6.07, 6.45) is 0.568. The van der Waals surface area contributed by atoms with E-state index in [1.165, 1.54) is 4.57 Å². The Bertz CT molecular complexity index is 751. The second-order valence-corrected chi connectivity index (χ2v) is 4.90. The van der Waals surface area contributed by atoms with Gasteiger partial charge in [-0.2, -0.15) is 4.99 Å². The number of halogens is 5. The summed E-state index contributed by atoms with van der Waals surface area (Å²) in [5, 5.41) is 1.62. The number of amides is 1. The zero-order chi connectivity index (χ0) is 15.7. The molecule has 9 heteroatoms. The Hall–Kier alpha value is -2.03. The molecule has 0 saturated carbocycles. The minimum atomic E-state index is -2.26. The standard InChI is InChI=1S/C12H7F5N2OS/c1-19-2-3-21-12(19)18-6(20)4-5-7(13)9(15)11(17)10(16)8(5)14/h2-3H,4H2,1H3. The van der Waals surface area contributed by atoms with Crippen LogP contribution < -0.4 is 4.80 Å². The Morgan fingerprint density at radius 3 is 2.10 bits per heavy atom. The van der Waals surface area contributed by atoms with Crippen molar-refractivity contribution in [1.82, 2.24) is 4.57 Å². The highest BCUT2D eigenvalue weighted by atomic mass is 32.1. The predicted octanol–water partition coefficient (Wildman–Crippen LogP) is 2.45. The molecule has 0 aliphatic heterocycles. The third kappa shape index (κ3) is 2.87. The molecule has 0 N–H and O–H groups in total. The molecule has 0 radical (unpaired) electrons. The minimum Gasteiger partial charge on any atom is -0.327 e. The van der Waals surface area contributed by atoms with E-state index in [-0.39, 0.29) is 4.80 Å². The van der Waals surface area contributed by atoms with Gasteiger partial charge in [-0.3, -0.25) is 4.79 Å². The molecule has 0 bridgehead atoms. The molecular weight excluding hydrogens is 315 g/mol. The zero-order valence-electron chi connectivity index (χ0n) is 10.5. The van der Waals surface area contributed by atoms with Crippen molar-refractivity contribution < 1.29 is 26.7 Å². The Kier molecular flexibility index (Phi) is 4.21. The van der Waals surface area contributed by atoms with Gasteiger partial charge in [-0.1, -0.05) is 0 Å². The van der Waals surface area contributed by atoms with Crippen LogP contribution in [0.5, 0.6) is 0 Å². The van der Waals surface area contributed by atoms with E-state index in [1.807, 2.05) is 0 Å². The van der Waals surface area contributed by atoms with Crippen LogP contribution in [0.25, 0.3) is 0 Å². The summed E-state index contributed by atoms with van der Waals surface area (Å²) in [6.45, 7) is 0. The lowest BCUT2D eigenvalue weighted by atomic mass is 10.1. The van der Waals surface area contributed by atoms with Gasteiger partial charge in [-0.15, -0.1) is 11.3 Å². The van der Waals surface area contributed by atoms with Gasteiger partial charge in [0.05, 0.1) is 6.42 Å². The van der Waals surface area contributed by atoms with Crippen molar-refractivity contribution in [2.24, 2.45) is 12.0 Å². The molecule has 2 aromatic rings. The first-order chi connectivity index (χ1) is 9.82. The molecule has 0 aliphatic rings. The number of hydrogen-bond donors (Lipinski definition) is 0. The molecule has 0 aliphatic carbocycles. The van der Waals surface area contributed by atoms with Gasteiger partial charge in [0.2, 0.25) is 5.82 Å². The molecule has 0 saturated heterocycles. The van der Waals surface area contributed by atoms with Crippen LogP contribution in [0.2, 0.25) is 0 Å². The molecule has 0 fully saturated rings. The summed E-state index contributed by atoms with van der Waals surface area (Å²) in [7, 11) is 1.58. The van der Waals surface area contributed by atoms with Crippen LogP contribution in [0.3, 0.4) is 0 Å². The number of hydrogen-bond acceptors (Lipinski definition) is 2.